The average Bonchev–Trinajstić information content (AvgIpc) is 3.25. The molecule has 2 fully saturated rings. The van der Waals surface area contributed by atoms with Gasteiger partial charge in [-0.15, -0.1) is 0 Å². The first-order valence-corrected chi connectivity index (χ1v) is 8.24. The highest BCUT2D eigenvalue weighted by atomic mass is 16.5. The van der Waals surface area contributed by atoms with Crippen molar-refractivity contribution < 1.29 is 14.4 Å². The van der Waals surface area contributed by atoms with E-state index in [1.54, 1.807) is 0 Å². The summed E-state index contributed by atoms with van der Waals surface area (Å²) < 4.78 is 11.0. The molecule has 0 spiro atoms. The molecule has 23 heavy (non-hydrogen) atoms. The number of hydrogen-bond donors (Lipinski definition) is 1. The summed E-state index contributed by atoms with van der Waals surface area (Å²) in [5.74, 6) is 1.26. The Morgan fingerprint density at radius 1 is 1.17 bits per heavy atom. The van der Waals surface area contributed by atoms with E-state index < -0.39 is 0 Å². The topological polar surface area (TPSA) is 71.6 Å². The van der Waals surface area contributed by atoms with Gasteiger partial charge in [0.05, 0.1) is 12.7 Å². The van der Waals surface area contributed by atoms with Crippen LogP contribution < -0.4 is 4.90 Å². The number of aliphatic hydroxyl groups excluding tert-OH is 1. The molecule has 1 aromatic carbocycles. The largest absolute Gasteiger partial charge is 0.393 e. The molecule has 2 saturated heterocycles. The maximum absolute atomic E-state index is 10.3. The molecular formula is C17H21N3O3. The third-order valence-corrected chi connectivity index (χ3v) is 4.85. The van der Waals surface area contributed by atoms with E-state index in [4.69, 9.17) is 9.26 Å². The number of nitrogens with zero attached hydrogens (tertiary/aromatic N) is 3. The Hall–Kier alpha value is -1.92. The zero-order chi connectivity index (χ0) is 15.6. The highest BCUT2D eigenvalue weighted by Gasteiger charge is 2.39. The first-order valence-electron chi connectivity index (χ1n) is 8.24. The summed E-state index contributed by atoms with van der Waals surface area (Å²) in [4.78, 5) is 6.72. The zero-order valence-corrected chi connectivity index (χ0v) is 13.0. The molecule has 0 radical (unpaired) electrons. The molecule has 0 unspecified atom stereocenters. The van der Waals surface area contributed by atoms with E-state index in [2.05, 4.69) is 15.0 Å². The summed E-state index contributed by atoms with van der Waals surface area (Å²) >= 11 is 0. The van der Waals surface area contributed by atoms with Crippen molar-refractivity contribution in [2.24, 2.45) is 5.92 Å². The minimum atomic E-state index is -0.310. The average molecular weight is 315 g/mol. The summed E-state index contributed by atoms with van der Waals surface area (Å²) in [5.41, 5.74) is 0.919. The van der Waals surface area contributed by atoms with Gasteiger partial charge in [0, 0.05) is 30.7 Å². The van der Waals surface area contributed by atoms with Crippen LogP contribution in [0, 0.1) is 5.92 Å². The van der Waals surface area contributed by atoms with Crippen molar-refractivity contribution in [2.75, 3.05) is 24.7 Å². The van der Waals surface area contributed by atoms with Gasteiger partial charge in [-0.3, -0.25) is 0 Å². The van der Waals surface area contributed by atoms with Gasteiger partial charge in [-0.2, -0.15) is 4.98 Å². The first kappa shape index (κ1) is 14.7. The summed E-state index contributed by atoms with van der Waals surface area (Å²) in [7, 11) is 0. The van der Waals surface area contributed by atoms with E-state index in [-0.39, 0.29) is 18.1 Å². The Kier molecular flexibility index (Phi) is 4.01. The second kappa shape index (κ2) is 6.29. The second-order valence-corrected chi connectivity index (χ2v) is 6.26. The van der Waals surface area contributed by atoms with Gasteiger partial charge in [-0.05, 0) is 36.6 Å². The predicted octanol–water partition coefficient (Wildman–Crippen LogP) is 2.10. The molecule has 3 atom stereocenters. The van der Waals surface area contributed by atoms with Gasteiger partial charge in [-0.1, -0.05) is 18.2 Å². The monoisotopic (exact) mass is 315 g/mol. The van der Waals surface area contributed by atoms with Gasteiger partial charge in [0.25, 0.3) is 11.8 Å². The maximum atomic E-state index is 10.3. The van der Waals surface area contributed by atoms with Crippen molar-refractivity contribution in [2.45, 2.75) is 31.4 Å². The zero-order valence-electron chi connectivity index (χ0n) is 13.0. The van der Waals surface area contributed by atoms with Crippen LogP contribution in [0.5, 0.6) is 0 Å². The predicted molar refractivity (Wildman–Crippen MR) is 85.0 cm³/mol. The van der Waals surface area contributed by atoms with Crippen LogP contribution >= 0.6 is 0 Å². The fourth-order valence-corrected chi connectivity index (χ4v) is 3.63. The molecule has 2 aliphatic rings. The molecule has 6 nitrogen and oxygen atoms in total. The third kappa shape index (κ3) is 2.84. The number of anilines is 1. The van der Waals surface area contributed by atoms with Crippen molar-refractivity contribution >= 4 is 5.95 Å². The van der Waals surface area contributed by atoms with Crippen LogP contribution in [0.2, 0.25) is 0 Å². The fourth-order valence-electron chi connectivity index (χ4n) is 3.63. The molecule has 4 rings (SSSR count). The molecule has 0 aliphatic carbocycles. The molecule has 2 aromatic rings. The van der Waals surface area contributed by atoms with Crippen LogP contribution in [0.3, 0.4) is 0 Å². The number of hydrogen-bond acceptors (Lipinski definition) is 6. The Bertz CT molecular complexity index is 646. The molecule has 2 aliphatic heterocycles. The number of aliphatic hydroxyl groups is 1. The lowest BCUT2D eigenvalue weighted by Crippen LogP contribution is -2.46. The maximum Gasteiger partial charge on any atom is 0.266 e. The van der Waals surface area contributed by atoms with E-state index in [1.165, 1.54) is 0 Å². The van der Waals surface area contributed by atoms with Gasteiger partial charge in [-0.25, -0.2) is 0 Å². The molecule has 3 heterocycles. The summed E-state index contributed by atoms with van der Waals surface area (Å²) in [5, 5.41) is 14.5. The lowest BCUT2D eigenvalue weighted by molar-refractivity contribution is -0.0439. The molecule has 6 heteroatoms. The van der Waals surface area contributed by atoms with Crippen LogP contribution in [0.15, 0.2) is 34.9 Å². The second-order valence-electron chi connectivity index (χ2n) is 6.26. The van der Waals surface area contributed by atoms with Crippen molar-refractivity contribution in [1.29, 1.82) is 0 Å². The summed E-state index contributed by atoms with van der Waals surface area (Å²) in [6.45, 7) is 2.14. The molecule has 0 saturated carbocycles. The Morgan fingerprint density at radius 2 is 2.04 bits per heavy atom. The molecule has 122 valence electrons. The molecular weight excluding hydrogens is 294 g/mol. The van der Waals surface area contributed by atoms with Crippen molar-refractivity contribution in [3.63, 3.8) is 0 Å². The highest BCUT2D eigenvalue weighted by molar-refractivity contribution is 5.54. The SMILES string of the molecule is O[C@@H]1CCOC[C@@H]1[C@H]1CCCN1c1noc(-c2ccccc2)n1. The minimum Gasteiger partial charge on any atom is -0.393 e. The molecule has 0 bridgehead atoms. The van der Waals surface area contributed by atoms with Gasteiger partial charge < -0.3 is 19.3 Å². The van der Waals surface area contributed by atoms with Crippen molar-refractivity contribution in [3.8, 4) is 11.5 Å². The quantitative estimate of drug-likeness (QED) is 0.935. The van der Waals surface area contributed by atoms with E-state index in [0.717, 1.165) is 24.9 Å². The Balaban J connectivity index is 1.56. The van der Waals surface area contributed by atoms with E-state index >= 15 is 0 Å². The minimum absolute atomic E-state index is 0.116. The first-order chi connectivity index (χ1) is 11.3. The van der Waals surface area contributed by atoms with Gasteiger partial charge >= 0.3 is 0 Å². The van der Waals surface area contributed by atoms with Crippen LogP contribution in [0.25, 0.3) is 11.5 Å². The lowest BCUT2D eigenvalue weighted by atomic mass is 9.89. The van der Waals surface area contributed by atoms with Gasteiger partial charge in [0.15, 0.2) is 0 Å². The normalized spacial score (nSPS) is 28.2. The molecule has 0 amide bonds. The van der Waals surface area contributed by atoms with Crippen molar-refractivity contribution in [3.05, 3.63) is 30.3 Å². The molecule has 1 aromatic heterocycles. The lowest BCUT2D eigenvalue weighted by Gasteiger charge is -2.36. The van der Waals surface area contributed by atoms with Crippen LogP contribution in [0.1, 0.15) is 19.3 Å². The number of benzene rings is 1. The fraction of sp³-hybridized carbons (Fsp3) is 0.529. The number of ether oxygens (including phenoxy) is 1. The smallest absolute Gasteiger partial charge is 0.266 e. The van der Waals surface area contributed by atoms with E-state index in [9.17, 15) is 5.11 Å². The Morgan fingerprint density at radius 3 is 2.87 bits per heavy atom. The van der Waals surface area contributed by atoms with Gasteiger partial charge in [0.2, 0.25) is 0 Å². The van der Waals surface area contributed by atoms with E-state index in [1.807, 2.05) is 30.3 Å². The standard InChI is InChI=1S/C17H21N3O3/c21-15-8-10-22-11-13(15)14-7-4-9-20(14)17-18-16(23-19-17)12-5-2-1-3-6-12/h1-3,5-6,13-15,21H,4,7-11H2/t13-,14-,15-/m1/s1. The van der Waals surface area contributed by atoms with Crippen molar-refractivity contribution in [1.82, 2.24) is 10.1 Å². The third-order valence-electron chi connectivity index (χ3n) is 4.85. The summed E-state index contributed by atoms with van der Waals surface area (Å²) in [6.07, 6.45) is 2.50. The van der Waals surface area contributed by atoms with Crippen LogP contribution in [-0.2, 0) is 4.74 Å². The van der Waals surface area contributed by atoms with Crippen LogP contribution in [0.4, 0.5) is 5.95 Å². The van der Waals surface area contributed by atoms with E-state index in [0.29, 0.717) is 31.5 Å². The van der Waals surface area contributed by atoms with Gasteiger partial charge in [0.1, 0.15) is 0 Å². The molecule has 1 N–H and O–H groups in total. The number of aromatic nitrogens is 2. The number of rotatable bonds is 3. The highest BCUT2D eigenvalue weighted by Crippen LogP contribution is 2.33. The Labute approximate surface area is 135 Å². The van der Waals surface area contributed by atoms with Crippen LogP contribution in [-0.4, -0.2) is 47.2 Å². The summed E-state index contributed by atoms with van der Waals surface area (Å²) in [6, 6.07) is 9.99.